The van der Waals surface area contributed by atoms with Crippen molar-refractivity contribution >= 4 is 33.4 Å². The Bertz CT molecular complexity index is 676. The first-order valence-corrected chi connectivity index (χ1v) is 6.32. The molecule has 1 atom stereocenters. The quantitative estimate of drug-likeness (QED) is 0.684. The Morgan fingerprint density at radius 2 is 2.15 bits per heavy atom. The highest BCUT2D eigenvalue weighted by atomic mass is 79.9. The van der Waals surface area contributed by atoms with E-state index in [2.05, 4.69) is 26.2 Å². The molecule has 2 rings (SSSR count). The number of nitrogens with one attached hydrogen (secondary N) is 1. The van der Waals surface area contributed by atoms with E-state index >= 15 is 0 Å². The molecule has 0 fully saturated rings. The fraction of sp³-hybridized carbons (Fsp3) is 0.0769. The number of nitrogens with zero attached hydrogens (tertiary/aromatic N) is 2. The van der Waals surface area contributed by atoms with Crippen LogP contribution in [-0.4, -0.2) is 16.7 Å². The zero-order chi connectivity index (χ0) is 14.5. The molecule has 1 amide bonds. The van der Waals surface area contributed by atoms with Gasteiger partial charge in [-0.1, -0.05) is 6.07 Å². The van der Waals surface area contributed by atoms with Crippen LogP contribution in [-0.2, 0) is 4.79 Å². The number of aromatic nitrogens is 1. The van der Waals surface area contributed by atoms with E-state index in [1.165, 1.54) is 18.3 Å². The first kappa shape index (κ1) is 14.0. The van der Waals surface area contributed by atoms with Crippen molar-refractivity contribution in [2.45, 2.75) is 0 Å². The highest BCUT2D eigenvalue weighted by molar-refractivity contribution is 9.10. The molecule has 0 spiro atoms. The predicted molar refractivity (Wildman–Crippen MR) is 72.7 cm³/mol. The average molecular weight is 334 g/mol. The number of Topliss-reactive ketones (excluding diaryl/α,β-unsaturated/α-hetero) is 1. The molecule has 1 N–H and O–H groups in total. The average Bonchev–Trinajstić information content (AvgIpc) is 2.87. The molecule has 0 bridgehead atoms. The number of hydrogen-bond acceptors (Lipinski definition) is 5. The molecule has 2 aromatic rings. The van der Waals surface area contributed by atoms with Gasteiger partial charge in [-0.3, -0.25) is 9.59 Å². The van der Waals surface area contributed by atoms with Crippen LogP contribution in [0, 0.1) is 17.2 Å². The smallest absolute Gasteiger partial charge is 0.251 e. The number of anilines is 1. The maximum Gasteiger partial charge on any atom is 0.251 e. The molecular formula is C13H8BrN3O3. The van der Waals surface area contributed by atoms with E-state index in [0.29, 0.717) is 4.67 Å². The van der Waals surface area contributed by atoms with E-state index in [4.69, 9.17) is 9.68 Å². The van der Waals surface area contributed by atoms with Gasteiger partial charge in [0.15, 0.2) is 16.3 Å². The lowest BCUT2D eigenvalue weighted by molar-refractivity contribution is -0.117. The van der Waals surface area contributed by atoms with Gasteiger partial charge >= 0.3 is 0 Å². The number of carbonyl (C=O) groups excluding carboxylic acids is 2. The summed E-state index contributed by atoms with van der Waals surface area (Å²) in [6.45, 7) is 0. The lowest BCUT2D eigenvalue weighted by atomic mass is 10.0. The van der Waals surface area contributed by atoms with Crippen molar-refractivity contribution in [3.8, 4) is 6.07 Å². The van der Waals surface area contributed by atoms with Crippen molar-refractivity contribution in [2.75, 3.05) is 5.32 Å². The van der Waals surface area contributed by atoms with Crippen molar-refractivity contribution in [1.29, 1.82) is 5.26 Å². The van der Waals surface area contributed by atoms with Crippen molar-refractivity contribution < 1.29 is 14.0 Å². The Morgan fingerprint density at radius 3 is 2.70 bits per heavy atom. The highest BCUT2D eigenvalue weighted by Crippen LogP contribution is 2.18. The van der Waals surface area contributed by atoms with Crippen LogP contribution < -0.4 is 5.32 Å². The van der Waals surface area contributed by atoms with Crippen LogP contribution in [0.3, 0.4) is 0 Å². The van der Waals surface area contributed by atoms with E-state index in [0.717, 1.165) is 0 Å². The standard InChI is InChI=1S/C13H8BrN3O3/c14-10-5-4-9(20-10)12(18)8(7-15)13(19)17-11-3-1-2-6-16-11/h1-6,8H,(H,16,17,19)/t8-/m1/s1. The normalized spacial score (nSPS) is 11.4. The minimum absolute atomic E-state index is 0.0559. The van der Waals surface area contributed by atoms with Crippen LogP contribution in [0.15, 0.2) is 45.6 Å². The van der Waals surface area contributed by atoms with Crippen LogP contribution in [0.1, 0.15) is 10.6 Å². The predicted octanol–water partition coefficient (Wildman–Crippen LogP) is 2.40. The van der Waals surface area contributed by atoms with Crippen LogP contribution in [0.4, 0.5) is 5.82 Å². The Balaban J connectivity index is 2.14. The molecule has 6 nitrogen and oxygen atoms in total. The Hall–Kier alpha value is -2.46. The Morgan fingerprint density at radius 1 is 1.35 bits per heavy atom. The molecule has 100 valence electrons. The van der Waals surface area contributed by atoms with E-state index < -0.39 is 17.6 Å². The first-order chi connectivity index (χ1) is 9.61. The summed E-state index contributed by atoms with van der Waals surface area (Å²) in [5.41, 5.74) is 0. The zero-order valence-electron chi connectivity index (χ0n) is 10.0. The number of amides is 1. The number of furan rings is 1. The second kappa shape index (κ2) is 6.12. The first-order valence-electron chi connectivity index (χ1n) is 5.53. The molecule has 7 heteroatoms. The number of carbonyl (C=O) groups is 2. The minimum Gasteiger partial charge on any atom is -0.446 e. The number of nitriles is 1. The molecular weight excluding hydrogens is 326 g/mol. The fourth-order valence-electron chi connectivity index (χ4n) is 1.46. The summed E-state index contributed by atoms with van der Waals surface area (Å²) < 4.78 is 5.40. The summed E-state index contributed by atoms with van der Waals surface area (Å²) in [6.07, 6.45) is 1.49. The Labute approximate surface area is 122 Å². The van der Waals surface area contributed by atoms with Crippen LogP contribution in [0.25, 0.3) is 0 Å². The number of hydrogen-bond donors (Lipinski definition) is 1. The van der Waals surface area contributed by atoms with Crippen molar-refractivity contribution in [2.24, 2.45) is 5.92 Å². The molecule has 2 heterocycles. The number of pyridine rings is 1. The van der Waals surface area contributed by atoms with E-state index in [9.17, 15) is 9.59 Å². The molecule has 0 aliphatic rings. The van der Waals surface area contributed by atoms with Crippen molar-refractivity contribution in [3.63, 3.8) is 0 Å². The van der Waals surface area contributed by atoms with Gasteiger partial charge in [0.25, 0.3) is 5.91 Å². The van der Waals surface area contributed by atoms with Gasteiger partial charge in [0.05, 0.1) is 6.07 Å². The molecule has 0 saturated heterocycles. The van der Waals surface area contributed by atoms with Crippen molar-refractivity contribution in [1.82, 2.24) is 4.98 Å². The minimum atomic E-state index is -1.49. The zero-order valence-corrected chi connectivity index (χ0v) is 11.6. The molecule has 0 aromatic carbocycles. The molecule has 0 aliphatic heterocycles. The second-order valence-electron chi connectivity index (χ2n) is 3.73. The molecule has 0 radical (unpaired) electrons. The topological polar surface area (TPSA) is 96.0 Å². The van der Waals surface area contributed by atoms with E-state index in [1.807, 2.05) is 0 Å². The summed E-state index contributed by atoms with van der Waals surface area (Å²) in [5, 5.41) is 11.4. The summed E-state index contributed by atoms with van der Waals surface area (Å²) in [4.78, 5) is 27.8. The summed E-state index contributed by atoms with van der Waals surface area (Å²) in [5.74, 6) is -2.73. The van der Waals surface area contributed by atoms with Crippen molar-refractivity contribution in [3.05, 3.63) is 47.0 Å². The van der Waals surface area contributed by atoms with Gasteiger partial charge in [0.2, 0.25) is 5.78 Å². The van der Waals surface area contributed by atoms with Gasteiger partial charge in [-0.2, -0.15) is 5.26 Å². The van der Waals surface area contributed by atoms with Crippen LogP contribution >= 0.6 is 15.9 Å². The fourth-order valence-corrected chi connectivity index (χ4v) is 1.77. The van der Waals surface area contributed by atoms with Gasteiger partial charge in [-0.15, -0.1) is 0 Å². The number of halogens is 1. The second-order valence-corrected chi connectivity index (χ2v) is 4.52. The van der Waals surface area contributed by atoms with Crippen LogP contribution in [0.2, 0.25) is 0 Å². The van der Waals surface area contributed by atoms with Crippen LogP contribution in [0.5, 0.6) is 0 Å². The Kier molecular flexibility index (Phi) is 4.27. The largest absolute Gasteiger partial charge is 0.446 e. The molecule has 2 aromatic heterocycles. The van der Waals surface area contributed by atoms with E-state index in [1.54, 1.807) is 24.3 Å². The monoisotopic (exact) mass is 333 g/mol. The van der Waals surface area contributed by atoms with Gasteiger partial charge < -0.3 is 9.73 Å². The third kappa shape index (κ3) is 3.10. The van der Waals surface area contributed by atoms with E-state index in [-0.39, 0.29) is 11.6 Å². The summed E-state index contributed by atoms with van der Waals surface area (Å²) in [6, 6.07) is 9.49. The third-order valence-electron chi connectivity index (χ3n) is 2.39. The summed E-state index contributed by atoms with van der Waals surface area (Å²) in [7, 11) is 0. The van der Waals surface area contributed by atoms with Gasteiger partial charge in [-0.05, 0) is 40.2 Å². The maximum absolute atomic E-state index is 12.0. The SMILES string of the molecule is N#C[C@@H](C(=O)Nc1ccccn1)C(=O)c1ccc(Br)o1. The maximum atomic E-state index is 12.0. The van der Waals surface area contributed by atoms with Gasteiger partial charge in [-0.25, -0.2) is 4.98 Å². The molecule has 0 unspecified atom stereocenters. The highest BCUT2D eigenvalue weighted by Gasteiger charge is 2.30. The summed E-state index contributed by atoms with van der Waals surface area (Å²) >= 11 is 3.05. The lowest BCUT2D eigenvalue weighted by Crippen LogP contribution is -2.28. The molecule has 0 saturated carbocycles. The number of rotatable bonds is 4. The third-order valence-corrected chi connectivity index (χ3v) is 2.81. The molecule has 0 aliphatic carbocycles. The lowest BCUT2D eigenvalue weighted by Gasteiger charge is -2.07. The molecule has 20 heavy (non-hydrogen) atoms. The van der Waals surface area contributed by atoms with Gasteiger partial charge in [0, 0.05) is 6.20 Å². The number of ketones is 1. The van der Waals surface area contributed by atoms with Gasteiger partial charge in [0.1, 0.15) is 5.82 Å².